The van der Waals surface area contributed by atoms with Crippen molar-refractivity contribution in [3.05, 3.63) is 156 Å². The first-order valence-corrected chi connectivity index (χ1v) is 18.0. The zero-order valence-electron chi connectivity index (χ0n) is 30.3. The van der Waals surface area contributed by atoms with E-state index < -0.39 is 73.4 Å². The van der Waals surface area contributed by atoms with Gasteiger partial charge in [-0.25, -0.2) is 9.59 Å². The van der Waals surface area contributed by atoms with Crippen molar-refractivity contribution in [2.45, 2.75) is 88.5 Å². The largest absolute Gasteiger partial charge is 0.452 e. The van der Waals surface area contributed by atoms with Crippen molar-refractivity contribution in [2.75, 3.05) is 6.61 Å². The van der Waals surface area contributed by atoms with Crippen LogP contribution >= 0.6 is 0 Å². The van der Waals surface area contributed by atoms with Crippen LogP contribution in [0.2, 0.25) is 0 Å². The molecule has 0 amide bonds. The average molecular weight is 739 g/mol. The van der Waals surface area contributed by atoms with Crippen LogP contribution in [-0.4, -0.2) is 85.1 Å². The summed E-state index contributed by atoms with van der Waals surface area (Å²) in [5.41, 5.74) is 2.30. The van der Waals surface area contributed by atoms with E-state index in [-0.39, 0.29) is 25.4 Å². The Hall–Kier alpha value is -4.72. The highest BCUT2D eigenvalue weighted by Crippen LogP contribution is 2.35. The first-order chi connectivity index (χ1) is 26.3. The van der Waals surface area contributed by atoms with E-state index >= 15 is 0 Å². The number of benzene rings is 4. The van der Waals surface area contributed by atoms with Gasteiger partial charge < -0.3 is 43.0 Å². The SMILES string of the molecule is C=CCO[C@@H]1O[C@@H](C)[C@@H](O)[C@@H](O[C@@H]2O[C@@H](C)[C@@H](OC(=O)c3ccccc3)[C@@H](OC(=O)c3ccccc3)[C@@H]2OCc2ccccc2)[C@@H]1OCc1ccccc1. The highest BCUT2D eigenvalue weighted by atomic mass is 16.8. The molecule has 0 spiro atoms. The van der Waals surface area contributed by atoms with Crippen molar-refractivity contribution in [2.24, 2.45) is 0 Å². The van der Waals surface area contributed by atoms with Crippen LogP contribution in [0.1, 0.15) is 45.7 Å². The number of aliphatic hydroxyl groups excluding tert-OH is 1. The van der Waals surface area contributed by atoms with Gasteiger partial charge in [0.25, 0.3) is 0 Å². The molecule has 1 N–H and O–H groups in total. The summed E-state index contributed by atoms with van der Waals surface area (Å²) in [6, 6.07) is 35.9. The molecule has 10 atom stereocenters. The first kappa shape index (κ1) is 39.0. The topological polar surface area (TPSA) is 128 Å². The maximum Gasteiger partial charge on any atom is 0.338 e. The summed E-state index contributed by atoms with van der Waals surface area (Å²) in [6.45, 7) is 7.53. The summed E-state index contributed by atoms with van der Waals surface area (Å²) < 4.78 is 50.5. The summed E-state index contributed by atoms with van der Waals surface area (Å²) in [5.74, 6) is -1.30. The Morgan fingerprint density at radius 2 is 1.04 bits per heavy atom. The van der Waals surface area contributed by atoms with Crippen LogP contribution in [0.5, 0.6) is 0 Å². The fraction of sp³-hybridized carbons (Fsp3) is 0.349. The van der Waals surface area contributed by atoms with Crippen molar-refractivity contribution in [3.63, 3.8) is 0 Å². The van der Waals surface area contributed by atoms with Crippen molar-refractivity contribution in [1.82, 2.24) is 0 Å². The molecule has 2 aliphatic heterocycles. The van der Waals surface area contributed by atoms with E-state index in [1.165, 1.54) is 0 Å². The van der Waals surface area contributed by atoms with Crippen LogP contribution in [0.4, 0.5) is 0 Å². The van der Waals surface area contributed by atoms with Crippen molar-refractivity contribution < 1.29 is 52.6 Å². The molecule has 0 saturated carbocycles. The molecule has 0 radical (unpaired) electrons. The number of hydrogen-bond donors (Lipinski definition) is 1. The Morgan fingerprint density at radius 1 is 0.593 bits per heavy atom. The van der Waals surface area contributed by atoms with Crippen LogP contribution in [0.25, 0.3) is 0 Å². The molecule has 4 aromatic carbocycles. The van der Waals surface area contributed by atoms with E-state index in [9.17, 15) is 14.7 Å². The number of rotatable bonds is 15. The summed E-state index contributed by atoms with van der Waals surface area (Å²) in [4.78, 5) is 27.2. The predicted molar refractivity (Wildman–Crippen MR) is 197 cm³/mol. The van der Waals surface area contributed by atoms with Gasteiger partial charge in [-0.05, 0) is 49.2 Å². The van der Waals surface area contributed by atoms with Crippen molar-refractivity contribution in [1.29, 1.82) is 0 Å². The fourth-order valence-electron chi connectivity index (χ4n) is 6.39. The lowest BCUT2D eigenvalue weighted by molar-refractivity contribution is -0.362. The third-order valence-corrected chi connectivity index (χ3v) is 9.23. The molecule has 4 aromatic rings. The average Bonchev–Trinajstić information content (AvgIpc) is 3.21. The maximum atomic E-state index is 13.7. The minimum Gasteiger partial charge on any atom is -0.452 e. The molecule has 2 aliphatic rings. The standard InChI is InChI=1S/C43H46O11/c1-4-25-47-42-38(48-26-30-17-9-5-10-18-30)36(34(44)28(2)50-42)54-43-39(49-27-31-19-11-6-12-20-31)37(53-41(46)33-23-15-8-16-24-33)35(29(3)51-43)52-40(45)32-21-13-7-14-22-32/h4-24,28-29,34-39,42-44H,1,25-27H2,2-3H3/t28-,29-,34+,35+,36+,37+,38-,39-,42+,43-/m0/s1. The molecule has 11 nitrogen and oxygen atoms in total. The molecule has 2 heterocycles. The van der Waals surface area contributed by atoms with Crippen LogP contribution < -0.4 is 0 Å². The van der Waals surface area contributed by atoms with Gasteiger partial charge >= 0.3 is 11.9 Å². The fourth-order valence-corrected chi connectivity index (χ4v) is 6.39. The second-order valence-corrected chi connectivity index (χ2v) is 13.1. The lowest BCUT2D eigenvalue weighted by Gasteiger charge is -2.48. The van der Waals surface area contributed by atoms with E-state index in [0.29, 0.717) is 5.56 Å². The summed E-state index contributed by atoms with van der Waals surface area (Å²) >= 11 is 0. The number of carbonyl (C=O) groups is 2. The molecule has 0 bridgehead atoms. The highest BCUT2D eigenvalue weighted by molar-refractivity contribution is 5.90. The van der Waals surface area contributed by atoms with Gasteiger partial charge in [0.1, 0.15) is 24.4 Å². The second kappa shape index (κ2) is 19.0. The maximum absolute atomic E-state index is 13.7. The Bertz CT molecular complexity index is 1760. The van der Waals surface area contributed by atoms with Crippen LogP contribution in [-0.2, 0) is 51.1 Å². The van der Waals surface area contributed by atoms with Crippen molar-refractivity contribution in [3.8, 4) is 0 Å². The molecule has 54 heavy (non-hydrogen) atoms. The van der Waals surface area contributed by atoms with Gasteiger partial charge in [-0.15, -0.1) is 6.58 Å². The normalized spacial score (nSPS) is 28.1. The Kier molecular flexibility index (Phi) is 13.7. The minimum atomic E-state index is -1.27. The van der Waals surface area contributed by atoms with E-state index in [1.54, 1.807) is 80.6 Å². The number of hydrogen-bond acceptors (Lipinski definition) is 11. The summed E-state index contributed by atoms with van der Waals surface area (Å²) in [7, 11) is 0. The molecule has 2 saturated heterocycles. The van der Waals surface area contributed by atoms with E-state index in [4.69, 9.17) is 37.9 Å². The van der Waals surface area contributed by atoms with Gasteiger partial charge in [-0.3, -0.25) is 0 Å². The smallest absolute Gasteiger partial charge is 0.338 e. The number of aliphatic hydroxyl groups is 1. The van der Waals surface area contributed by atoms with Gasteiger partial charge in [-0.2, -0.15) is 0 Å². The molecule has 0 aliphatic carbocycles. The Labute approximate surface area is 315 Å². The third kappa shape index (κ3) is 9.87. The molecule has 0 aromatic heterocycles. The van der Waals surface area contributed by atoms with Crippen LogP contribution in [0.3, 0.4) is 0 Å². The van der Waals surface area contributed by atoms with Gasteiger partial charge in [-0.1, -0.05) is 103 Å². The molecule has 284 valence electrons. The third-order valence-electron chi connectivity index (χ3n) is 9.23. The van der Waals surface area contributed by atoms with Gasteiger partial charge in [0, 0.05) is 0 Å². The van der Waals surface area contributed by atoms with Gasteiger partial charge in [0.2, 0.25) is 0 Å². The first-order valence-electron chi connectivity index (χ1n) is 18.0. The van der Waals surface area contributed by atoms with Crippen LogP contribution in [0.15, 0.2) is 134 Å². The van der Waals surface area contributed by atoms with E-state index in [2.05, 4.69) is 6.58 Å². The quantitative estimate of drug-likeness (QED) is 0.113. The monoisotopic (exact) mass is 738 g/mol. The zero-order valence-corrected chi connectivity index (χ0v) is 30.3. The lowest BCUT2D eigenvalue weighted by atomic mass is 9.96. The number of ether oxygens (including phenoxy) is 8. The minimum absolute atomic E-state index is 0.0631. The lowest BCUT2D eigenvalue weighted by Crippen LogP contribution is -2.65. The van der Waals surface area contributed by atoms with Crippen molar-refractivity contribution >= 4 is 11.9 Å². The molecule has 0 unspecified atom stereocenters. The molecular weight excluding hydrogens is 692 g/mol. The predicted octanol–water partition coefficient (Wildman–Crippen LogP) is 6.05. The Balaban J connectivity index is 1.35. The molecule has 6 rings (SSSR count). The molecule has 11 heteroatoms. The number of carbonyl (C=O) groups excluding carboxylic acids is 2. The second-order valence-electron chi connectivity index (χ2n) is 13.1. The summed E-state index contributed by atoms with van der Waals surface area (Å²) in [5, 5.41) is 11.6. The Morgan fingerprint density at radius 3 is 1.54 bits per heavy atom. The van der Waals surface area contributed by atoms with Gasteiger partial charge in [0.05, 0.1) is 43.2 Å². The zero-order chi connectivity index (χ0) is 37.9. The number of esters is 2. The van der Waals surface area contributed by atoms with E-state index in [1.807, 2.05) is 60.7 Å². The van der Waals surface area contributed by atoms with E-state index in [0.717, 1.165) is 11.1 Å². The summed E-state index contributed by atoms with van der Waals surface area (Å²) in [6.07, 6.45) is -9.01. The molecule has 2 fully saturated rings. The van der Waals surface area contributed by atoms with Crippen LogP contribution in [0, 0.1) is 0 Å². The highest BCUT2D eigenvalue weighted by Gasteiger charge is 2.54. The van der Waals surface area contributed by atoms with Gasteiger partial charge in [0.15, 0.2) is 24.8 Å². The molecular formula is C43H46O11.